The Morgan fingerprint density at radius 2 is 2.00 bits per heavy atom. The van der Waals surface area contributed by atoms with Crippen LogP contribution in [0.4, 0.5) is 8.78 Å². The van der Waals surface area contributed by atoms with Crippen LogP contribution in [0.25, 0.3) is 0 Å². The predicted molar refractivity (Wildman–Crippen MR) is 83.2 cm³/mol. The normalized spacial score (nSPS) is 18.0. The molecule has 0 radical (unpaired) electrons. The van der Waals surface area contributed by atoms with Crippen LogP contribution in [0.1, 0.15) is 41.4 Å². The number of hydrogen-bond acceptors (Lipinski definition) is 2. The summed E-state index contributed by atoms with van der Waals surface area (Å²) in [6.45, 7) is 0.537. The van der Waals surface area contributed by atoms with E-state index in [0.717, 1.165) is 37.1 Å². The molecule has 3 nitrogen and oxygen atoms in total. The summed E-state index contributed by atoms with van der Waals surface area (Å²) in [5, 5.41) is -0.0840. The second-order valence-corrected chi connectivity index (χ2v) is 5.92. The molecule has 23 heavy (non-hydrogen) atoms. The van der Waals surface area contributed by atoms with E-state index in [1.165, 1.54) is 0 Å². The molecule has 1 fully saturated rings. The summed E-state index contributed by atoms with van der Waals surface area (Å²) in [6, 6.07) is 7.06. The molecule has 1 atom stereocenters. The number of halogens is 3. The van der Waals surface area contributed by atoms with Gasteiger partial charge < -0.3 is 4.90 Å². The Labute approximate surface area is 137 Å². The quantitative estimate of drug-likeness (QED) is 0.762. The van der Waals surface area contributed by atoms with Crippen molar-refractivity contribution in [1.82, 2.24) is 9.88 Å². The summed E-state index contributed by atoms with van der Waals surface area (Å²) < 4.78 is 26.7. The van der Waals surface area contributed by atoms with Gasteiger partial charge >= 0.3 is 0 Å². The van der Waals surface area contributed by atoms with Crippen molar-refractivity contribution in [2.45, 2.75) is 25.3 Å². The fourth-order valence-electron chi connectivity index (χ4n) is 2.90. The van der Waals surface area contributed by atoms with Crippen molar-refractivity contribution in [3.8, 4) is 0 Å². The predicted octanol–water partition coefficient (Wildman–Crippen LogP) is 4.38. The third-order valence-electron chi connectivity index (χ3n) is 4.03. The minimum absolute atomic E-state index is 0.0200. The number of carbonyl (C=O) groups is 1. The van der Waals surface area contributed by atoms with Crippen LogP contribution in [0.2, 0.25) is 5.02 Å². The number of carbonyl (C=O) groups excluding carboxylic acids is 1. The molecule has 6 heteroatoms. The first-order valence-corrected chi connectivity index (χ1v) is 7.82. The zero-order chi connectivity index (χ0) is 16.4. The van der Waals surface area contributed by atoms with Crippen molar-refractivity contribution in [3.05, 3.63) is 64.4 Å². The maximum atomic E-state index is 13.5. The van der Waals surface area contributed by atoms with E-state index in [2.05, 4.69) is 4.98 Å². The maximum absolute atomic E-state index is 13.5. The van der Waals surface area contributed by atoms with Gasteiger partial charge in [0.1, 0.15) is 0 Å². The van der Waals surface area contributed by atoms with E-state index < -0.39 is 17.5 Å². The Hall–Kier alpha value is -2.01. The van der Waals surface area contributed by atoms with Gasteiger partial charge in [0.05, 0.1) is 22.3 Å². The highest BCUT2D eigenvalue weighted by Crippen LogP contribution is 2.32. The zero-order valence-corrected chi connectivity index (χ0v) is 13.1. The zero-order valence-electron chi connectivity index (χ0n) is 12.3. The summed E-state index contributed by atoms with van der Waals surface area (Å²) in [6.07, 6.45) is 4.30. The molecule has 0 N–H and O–H groups in total. The number of likely N-dealkylation sites (tertiary alicyclic amines) is 1. The van der Waals surface area contributed by atoms with Gasteiger partial charge in [-0.25, -0.2) is 8.78 Å². The van der Waals surface area contributed by atoms with Gasteiger partial charge in [0.15, 0.2) is 11.6 Å². The van der Waals surface area contributed by atoms with Crippen LogP contribution in [0.5, 0.6) is 0 Å². The van der Waals surface area contributed by atoms with Gasteiger partial charge in [0, 0.05) is 12.7 Å². The molecule has 0 bridgehead atoms. The molecule has 1 amide bonds. The monoisotopic (exact) mass is 336 g/mol. The van der Waals surface area contributed by atoms with Crippen molar-refractivity contribution in [1.29, 1.82) is 0 Å². The van der Waals surface area contributed by atoms with E-state index in [4.69, 9.17) is 11.6 Å². The summed E-state index contributed by atoms with van der Waals surface area (Å²) in [5.74, 6) is -2.54. The van der Waals surface area contributed by atoms with Crippen LogP contribution in [0.15, 0.2) is 36.5 Å². The van der Waals surface area contributed by atoms with E-state index in [9.17, 15) is 13.6 Å². The number of amides is 1. The molecule has 0 unspecified atom stereocenters. The van der Waals surface area contributed by atoms with Gasteiger partial charge in [-0.2, -0.15) is 0 Å². The smallest absolute Gasteiger partial charge is 0.256 e. The number of piperidine rings is 1. The molecule has 1 aliphatic rings. The minimum atomic E-state index is -1.08. The molecule has 0 aliphatic carbocycles. The van der Waals surface area contributed by atoms with Crippen LogP contribution >= 0.6 is 11.6 Å². The molecular weight excluding hydrogens is 322 g/mol. The standard InChI is InChI=1S/C17H15ClF2N2O/c18-12-10-14(20)13(19)9-11(12)17(23)22-8-4-2-6-16(22)15-5-1-3-7-21-15/h1,3,5,7,9-10,16H,2,4,6,8H2/t16-/m1/s1. The third kappa shape index (κ3) is 3.20. The van der Waals surface area contributed by atoms with Crippen LogP contribution in [0, 0.1) is 11.6 Å². The molecule has 3 rings (SSSR count). The van der Waals surface area contributed by atoms with Gasteiger partial charge in [-0.15, -0.1) is 0 Å². The Morgan fingerprint density at radius 1 is 1.22 bits per heavy atom. The van der Waals surface area contributed by atoms with Gasteiger partial charge in [0.25, 0.3) is 5.91 Å². The van der Waals surface area contributed by atoms with Crippen molar-refractivity contribution in [3.63, 3.8) is 0 Å². The van der Waals surface area contributed by atoms with Gasteiger partial charge in [-0.05, 0) is 43.5 Å². The summed E-state index contributed by atoms with van der Waals surface area (Å²) in [4.78, 5) is 18.8. The van der Waals surface area contributed by atoms with Crippen LogP contribution in [0.3, 0.4) is 0 Å². The van der Waals surface area contributed by atoms with Gasteiger partial charge in [-0.3, -0.25) is 9.78 Å². The van der Waals surface area contributed by atoms with Gasteiger partial charge in [0.2, 0.25) is 0 Å². The number of pyridine rings is 1. The van der Waals surface area contributed by atoms with Crippen molar-refractivity contribution >= 4 is 17.5 Å². The van der Waals surface area contributed by atoms with Gasteiger partial charge in [-0.1, -0.05) is 17.7 Å². The number of nitrogens with zero attached hydrogens (tertiary/aromatic N) is 2. The van der Waals surface area contributed by atoms with E-state index in [1.807, 2.05) is 18.2 Å². The lowest BCUT2D eigenvalue weighted by atomic mass is 9.97. The first kappa shape index (κ1) is 15.9. The molecule has 2 heterocycles. The average Bonchev–Trinajstić information content (AvgIpc) is 2.58. The first-order chi connectivity index (χ1) is 11.1. The lowest BCUT2D eigenvalue weighted by Crippen LogP contribution is -2.39. The maximum Gasteiger partial charge on any atom is 0.256 e. The highest BCUT2D eigenvalue weighted by Gasteiger charge is 2.31. The van der Waals surface area contributed by atoms with Crippen molar-refractivity contribution in [2.24, 2.45) is 0 Å². The van der Waals surface area contributed by atoms with Crippen LogP contribution in [-0.2, 0) is 0 Å². The molecule has 1 aromatic heterocycles. The molecule has 1 saturated heterocycles. The lowest BCUT2D eigenvalue weighted by Gasteiger charge is -2.35. The molecule has 0 spiro atoms. The molecule has 120 valence electrons. The summed E-state index contributed by atoms with van der Waals surface area (Å²) in [5.41, 5.74) is 0.771. The minimum Gasteiger partial charge on any atom is -0.330 e. The second-order valence-electron chi connectivity index (χ2n) is 5.51. The number of rotatable bonds is 2. The molecule has 0 saturated carbocycles. The highest BCUT2D eigenvalue weighted by atomic mass is 35.5. The topological polar surface area (TPSA) is 33.2 Å². The Morgan fingerprint density at radius 3 is 2.74 bits per heavy atom. The number of aromatic nitrogens is 1. The highest BCUT2D eigenvalue weighted by molar-refractivity contribution is 6.33. The van der Waals surface area contributed by atoms with Crippen LogP contribution in [-0.4, -0.2) is 22.3 Å². The molecule has 1 aliphatic heterocycles. The van der Waals surface area contributed by atoms with E-state index in [-0.39, 0.29) is 16.6 Å². The number of benzene rings is 1. The van der Waals surface area contributed by atoms with Crippen molar-refractivity contribution < 1.29 is 13.6 Å². The largest absolute Gasteiger partial charge is 0.330 e. The fourth-order valence-corrected chi connectivity index (χ4v) is 3.13. The van der Waals surface area contributed by atoms with E-state index in [0.29, 0.717) is 6.54 Å². The SMILES string of the molecule is O=C(c1cc(F)c(F)cc1Cl)N1CCCC[C@@H]1c1ccccn1. The molecule has 2 aromatic rings. The first-order valence-electron chi connectivity index (χ1n) is 7.44. The molecule has 1 aromatic carbocycles. The fraction of sp³-hybridized carbons (Fsp3) is 0.294. The van der Waals surface area contributed by atoms with Crippen LogP contribution < -0.4 is 0 Å². The Bertz CT molecular complexity index is 724. The molecular formula is C17H15ClF2N2O. The number of hydrogen-bond donors (Lipinski definition) is 0. The summed E-state index contributed by atoms with van der Waals surface area (Å²) >= 11 is 5.94. The van der Waals surface area contributed by atoms with Crippen molar-refractivity contribution in [2.75, 3.05) is 6.54 Å². The van der Waals surface area contributed by atoms with E-state index >= 15 is 0 Å². The Kier molecular flexibility index (Phi) is 4.57. The second kappa shape index (κ2) is 6.62. The van der Waals surface area contributed by atoms with E-state index in [1.54, 1.807) is 11.1 Å². The third-order valence-corrected chi connectivity index (χ3v) is 4.35. The lowest BCUT2D eigenvalue weighted by molar-refractivity contribution is 0.0605. The average molecular weight is 337 g/mol. The summed E-state index contributed by atoms with van der Waals surface area (Å²) in [7, 11) is 0. The Balaban J connectivity index is 1.95.